The summed E-state index contributed by atoms with van der Waals surface area (Å²) in [5, 5.41) is 21.9. The van der Waals surface area contributed by atoms with Gasteiger partial charge in [-0.15, -0.1) is 0 Å². The van der Waals surface area contributed by atoms with Crippen LogP contribution in [0.15, 0.2) is 146 Å². The normalized spacial score (nSPS) is 16.1. The molecule has 2 aromatic heterocycles. The molecular weight excluding hydrogens is 793 g/mol. The van der Waals surface area contributed by atoms with E-state index in [1.165, 1.54) is 10.9 Å². The van der Waals surface area contributed by atoms with Crippen molar-refractivity contribution in [2.75, 3.05) is 44.7 Å². The maximum absolute atomic E-state index is 13.2. The summed E-state index contributed by atoms with van der Waals surface area (Å²) in [6, 6.07) is 42.9. The Kier molecular flexibility index (Phi) is 12.6. The first-order chi connectivity index (χ1) is 30.3. The minimum absolute atomic E-state index is 0.0375. The zero-order valence-corrected chi connectivity index (χ0v) is 33.9. The standard InChI is InChI=1S/C47H44N6O9/c1-57-34-22-18-32(19-23-34)47(31-12-6-3-7-13-31,33-20-24-35(58-2)25-21-33)61-28-40-39(54)26-43(62-40)53-45-38(27-48-53)44(49-41(55)29-59-36-14-8-4-9-15-36)51-46(52-45)50-42(56)30-60-37-16-10-5-11-17-37/h3-25,27,39-40,43,54H,26,28-30H2,1-2H3,(H2,49,50,51,52,55,56)/t39-,40+,43+/m0/s1. The molecule has 1 fully saturated rings. The van der Waals surface area contributed by atoms with Crippen LogP contribution in [0.3, 0.4) is 0 Å². The third kappa shape index (κ3) is 9.19. The van der Waals surface area contributed by atoms with Gasteiger partial charge in [0.25, 0.3) is 11.8 Å². The molecular formula is C47H44N6O9. The number of hydrogen-bond donors (Lipinski definition) is 3. The predicted octanol–water partition coefficient (Wildman–Crippen LogP) is 6.54. The third-order valence-corrected chi connectivity index (χ3v) is 10.3. The molecule has 0 unspecified atom stereocenters. The number of fused-ring (bicyclic) bond motifs is 1. The van der Waals surface area contributed by atoms with E-state index in [9.17, 15) is 14.7 Å². The van der Waals surface area contributed by atoms with Gasteiger partial charge in [-0.05, 0) is 65.2 Å². The van der Waals surface area contributed by atoms with Crippen molar-refractivity contribution >= 4 is 34.6 Å². The number of anilines is 2. The number of aromatic nitrogens is 4. The lowest BCUT2D eigenvalue weighted by Gasteiger charge is -2.37. The first-order valence-corrected chi connectivity index (χ1v) is 19.9. The lowest BCUT2D eigenvalue weighted by molar-refractivity contribution is -0.118. The number of para-hydroxylation sites is 2. The molecule has 0 aliphatic carbocycles. The zero-order valence-electron chi connectivity index (χ0n) is 33.9. The molecule has 5 aromatic carbocycles. The smallest absolute Gasteiger partial charge is 0.264 e. The SMILES string of the molecule is COc1ccc(C(OC[C@H]2O[C@@H](n3ncc4c(NC(=O)COc5ccccc5)nc(NC(=O)COc5ccccc5)nc43)C[C@@H]2O)(c2ccccc2)c2ccc(OC)cc2)cc1. The fourth-order valence-corrected chi connectivity index (χ4v) is 7.24. The van der Waals surface area contributed by atoms with Crippen molar-refractivity contribution in [1.82, 2.24) is 19.7 Å². The molecule has 1 aliphatic rings. The molecule has 15 heteroatoms. The van der Waals surface area contributed by atoms with Crippen LogP contribution in [0.25, 0.3) is 11.0 Å². The Labute approximate surface area is 357 Å². The molecule has 8 rings (SSSR count). The Hall–Kier alpha value is -7.33. The quantitative estimate of drug-likeness (QED) is 0.0847. The highest BCUT2D eigenvalue weighted by Gasteiger charge is 2.42. The van der Waals surface area contributed by atoms with Crippen molar-refractivity contribution in [2.24, 2.45) is 0 Å². The maximum atomic E-state index is 13.2. The van der Waals surface area contributed by atoms with Crippen LogP contribution in [0.1, 0.15) is 29.3 Å². The Morgan fingerprint density at radius 1 is 0.694 bits per heavy atom. The van der Waals surface area contributed by atoms with E-state index in [1.807, 2.05) is 91.0 Å². The molecule has 7 aromatic rings. The van der Waals surface area contributed by atoms with Gasteiger partial charge < -0.3 is 38.8 Å². The van der Waals surface area contributed by atoms with E-state index in [0.29, 0.717) is 28.4 Å². The number of aliphatic hydroxyl groups is 1. The molecule has 2 amide bonds. The van der Waals surface area contributed by atoms with Crippen molar-refractivity contribution in [1.29, 1.82) is 0 Å². The molecule has 1 aliphatic heterocycles. The Bertz CT molecular complexity index is 2530. The molecule has 0 spiro atoms. The van der Waals surface area contributed by atoms with Crippen LogP contribution in [-0.4, -0.2) is 82.9 Å². The highest BCUT2D eigenvalue weighted by Crippen LogP contribution is 2.43. The zero-order chi connectivity index (χ0) is 42.9. The van der Waals surface area contributed by atoms with Crippen LogP contribution in [0, 0.1) is 0 Å². The monoisotopic (exact) mass is 836 g/mol. The second kappa shape index (κ2) is 18.9. The number of carbonyl (C=O) groups is 2. The Balaban J connectivity index is 1.07. The second-order valence-electron chi connectivity index (χ2n) is 14.3. The van der Waals surface area contributed by atoms with E-state index >= 15 is 0 Å². The summed E-state index contributed by atoms with van der Waals surface area (Å²) < 4.78 is 37.3. The first kappa shape index (κ1) is 41.4. The van der Waals surface area contributed by atoms with Gasteiger partial charge in [0.05, 0.1) is 38.5 Å². The van der Waals surface area contributed by atoms with Crippen molar-refractivity contribution in [3.8, 4) is 23.0 Å². The summed E-state index contributed by atoms with van der Waals surface area (Å²) in [6.45, 7) is -0.675. The number of nitrogens with zero attached hydrogens (tertiary/aromatic N) is 4. The fourth-order valence-electron chi connectivity index (χ4n) is 7.24. The van der Waals surface area contributed by atoms with Crippen molar-refractivity contribution in [2.45, 2.75) is 30.5 Å². The van der Waals surface area contributed by atoms with Gasteiger partial charge in [-0.3, -0.25) is 14.9 Å². The average molecular weight is 837 g/mol. The summed E-state index contributed by atoms with van der Waals surface area (Å²) in [5.41, 5.74) is 1.57. The highest BCUT2D eigenvalue weighted by molar-refractivity contribution is 6.00. The largest absolute Gasteiger partial charge is 0.497 e. The van der Waals surface area contributed by atoms with Crippen LogP contribution in [0.5, 0.6) is 23.0 Å². The van der Waals surface area contributed by atoms with Gasteiger partial charge >= 0.3 is 0 Å². The van der Waals surface area contributed by atoms with Crippen LogP contribution in [-0.2, 0) is 24.7 Å². The number of benzene rings is 5. The summed E-state index contributed by atoms with van der Waals surface area (Å²) in [4.78, 5) is 35.3. The van der Waals surface area contributed by atoms with E-state index in [2.05, 4.69) is 25.7 Å². The van der Waals surface area contributed by atoms with E-state index in [1.54, 1.807) is 62.8 Å². The summed E-state index contributed by atoms with van der Waals surface area (Å²) in [7, 11) is 3.23. The minimum atomic E-state index is -1.15. The van der Waals surface area contributed by atoms with Gasteiger partial charge in [0.15, 0.2) is 25.1 Å². The summed E-state index contributed by atoms with van der Waals surface area (Å²) >= 11 is 0. The minimum Gasteiger partial charge on any atom is -0.497 e. The Morgan fingerprint density at radius 3 is 1.76 bits per heavy atom. The lowest BCUT2D eigenvalue weighted by atomic mass is 9.80. The molecule has 3 N–H and O–H groups in total. The van der Waals surface area contributed by atoms with Crippen LogP contribution in [0.2, 0.25) is 0 Å². The van der Waals surface area contributed by atoms with E-state index in [-0.39, 0.29) is 43.7 Å². The van der Waals surface area contributed by atoms with Crippen LogP contribution in [0.4, 0.5) is 11.8 Å². The number of aliphatic hydroxyl groups excluding tert-OH is 1. The van der Waals surface area contributed by atoms with Crippen molar-refractivity contribution < 1.29 is 43.1 Å². The average Bonchev–Trinajstić information content (AvgIpc) is 3.92. The molecule has 3 heterocycles. The fraction of sp³-hybridized carbons (Fsp3) is 0.213. The van der Waals surface area contributed by atoms with Gasteiger partial charge in [-0.25, -0.2) is 4.68 Å². The first-order valence-electron chi connectivity index (χ1n) is 19.9. The number of rotatable bonds is 17. The molecule has 1 saturated heterocycles. The van der Waals surface area contributed by atoms with E-state index in [0.717, 1.165) is 16.7 Å². The Morgan fingerprint density at radius 2 is 1.21 bits per heavy atom. The van der Waals surface area contributed by atoms with Gasteiger partial charge in [-0.1, -0.05) is 91.0 Å². The number of ether oxygens (including phenoxy) is 6. The molecule has 0 saturated carbocycles. The number of amides is 2. The summed E-state index contributed by atoms with van der Waals surface area (Å²) in [6.07, 6.45) is -1.01. The van der Waals surface area contributed by atoms with Crippen LogP contribution >= 0.6 is 0 Å². The predicted molar refractivity (Wildman–Crippen MR) is 229 cm³/mol. The molecule has 316 valence electrons. The molecule has 62 heavy (non-hydrogen) atoms. The van der Waals surface area contributed by atoms with Gasteiger partial charge in [-0.2, -0.15) is 15.1 Å². The molecule has 3 atom stereocenters. The van der Waals surface area contributed by atoms with Crippen molar-refractivity contribution in [3.05, 3.63) is 162 Å². The topological polar surface area (TPSA) is 177 Å². The summed E-state index contributed by atoms with van der Waals surface area (Å²) in [5.74, 6) is 1.30. The maximum Gasteiger partial charge on any atom is 0.264 e. The van der Waals surface area contributed by atoms with E-state index in [4.69, 9.17) is 28.4 Å². The van der Waals surface area contributed by atoms with Gasteiger partial charge in [0.1, 0.15) is 40.5 Å². The van der Waals surface area contributed by atoms with Crippen molar-refractivity contribution in [3.63, 3.8) is 0 Å². The third-order valence-electron chi connectivity index (χ3n) is 10.3. The molecule has 0 bridgehead atoms. The second-order valence-corrected chi connectivity index (χ2v) is 14.3. The molecule has 15 nitrogen and oxygen atoms in total. The molecule has 0 radical (unpaired) electrons. The van der Waals surface area contributed by atoms with Crippen LogP contribution < -0.4 is 29.6 Å². The number of nitrogens with one attached hydrogen (secondary N) is 2. The van der Waals surface area contributed by atoms with E-state index < -0.39 is 35.9 Å². The highest BCUT2D eigenvalue weighted by atomic mass is 16.6. The number of hydrogen-bond acceptors (Lipinski definition) is 12. The number of methoxy groups -OCH3 is 2. The number of carbonyl (C=O) groups excluding carboxylic acids is 2. The van der Waals surface area contributed by atoms with Gasteiger partial charge in [0, 0.05) is 6.42 Å². The lowest BCUT2D eigenvalue weighted by Crippen LogP contribution is -2.38. The van der Waals surface area contributed by atoms with Gasteiger partial charge in [0.2, 0.25) is 5.95 Å².